The standard InChI is InChI=1S/C10H11ClFNO2/c1-5-2-7(11)6(3-8(5)12)9(13)4-10(14)15/h2-3,9H,4,13H2,1H3,(H,14,15). The molecule has 0 fully saturated rings. The quantitative estimate of drug-likeness (QED) is 0.839. The molecule has 0 aliphatic carbocycles. The number of aliphatic carboxylic acids is 1. The average molecular weight is 232 g/mol. The molecule has 1 aromatic carbocycles. The van der Waals surface area contributed by atoms with Gasteiger partial charge in [0.25, 0.3) is 0 Å². The number of nitrogens with two attached hydrogens (primary N) is 1. The van der Waals surface area contributed by atoms with Gasteiger partial charge in [-0.3, -0.25) is 4.79 Å². The van der Waals surface area contributed by atoms with Crippen molar-refractivity contribution >= 4 is 17.6 Å². The van der Waals surface area contributed by atoms with Gasteiger partial charge in [0.15, 0.2) is 0 Å². The number of aryl methyl sites for hydroxylation is 1. The lowest BCUT2D eigenvalue weighted by atomic mass is 10.0. The molecule has 0 aliphatic heterocycles. The first kappa shape index (κ1) is 11.9. The highest BCUT2D eigenvalue weighted by Crippen LogP contribution is 2.26. The molecule has 82 valence electrons. The molecule has 0 saturated heterocycles. The minimum absolute atomic E-state index is 0.276. The number of carboxylic acids is 1. The first-order valence-electron chi connectivity index (χ1n) is 4.34. The fraction of sp³-hybridized carbons (Fsp3) is 0.300. The van der Waals surface area contributed by atoms with E-state index in [1.54, 1.807) is 6.92 Å². The molecule has 0 aromatic heterocycles. The highest BCUT2D eigenvalue weighted by molar-refractivity contribution is 6.31. The van der Waals surface area contributed by atoms with Gasteiger partial charge < -0.3 is 10.8 Å². The number of hydrogen-bond acceptors (Lipinski definition) is 2. The average Bonchev–Trinajstić information content (AvgIpc) is 2.09. The molecule has 0 amide bonds. The molecule has 0 aliphatic rings. The van der Waals surface area contributed by atoms with Crippen LogP contribution in [0.25, 0.3) is 0 Å². The Bertz CT molecular complexity index is 395. The molecule has 0 spiro atoms. The van der Waals surface area contributed by atoms with Crippen molar-refractivity contribution in [1.82, 2.24) is 0 Å². The van der Waals surface area contributed by atoms with Crippen molar-refractivity contribution in [2.24, 2.45) is 5.73 Å². The summed E-state index contributed by atoms with van der Waals surface area (Å²) in [5, 5.41) is 8.84. The van der Waals surface area contributed by atoms with Crippen LogP contribution in [-0.2, 0) is 4.79 Å². The zero-order chi connectivity index (χ0) is 11.6. The minimum atomic E-state index is -1.04. The van der Waals surface area contributed by atoms with Crippen LogP contribution >= 0.6 is 11.6 Å². The summed E-state index contributed by atoms with van der Waals surface area (Å²) in [5.74, 6) is -1.48. The van der Waals surface area contributed by atoms with Crippen molar-refractivity contribution in [2.75, 3.05) is 0 Å². The van der Waals surface area contributed by atoms with Crippen molar-refractivity contribution < 1.29 is 14.3 Å². The Morgan fingerprint density at radius 1 is 1.67 bits per heavy atom. The Balaban J connectivity index is 3.03. The number of benzene rings is 1. The SMILES string of the molecule is Cc1cc(Cl)c(C(N)CC(=O)O)cc1F. The second-order valence-electron chi connectivity index (χ2n) is 3.33. The van der Waals surface area contributed by atoms with Crippen molar-refractivity contribution in [1.29, 1.82) is 0 Å². The summed E-state index contributed by atoms with van der Waals surface area (Å²) in [5.41, 5.74) is 6.31. The molecule has 0 saturated carbocycles. The molecule has 1 unspecified atom stereocenters. The maximum Gasteiger partial charge on any atom is 0.305 e. The predicted molar refractivity (Wildman–Crippen MR) is 55.3 cm³/mol. The van der Waals surface area contributed by atoms with Crippen LogP contribution in [0.5, 0.6) is 0 Å². The van der Waals surface area contributed by atoms with E-state index in [0.717, 1.165) is 0 Å². The van der Waals surface area contributed by atoms with Crippen LogP contribution in [0.4, 0.5) is 4.39 Å². The van der Waals surface area contributed by atoms with E-state index in [9.17, 15) is 9.18 Å². The molecule has 1 rings (SSSR count). The highest BCUT2D eigenvalue weighted by Gasteiger charge is 2.15. The number of carboxylic acid groups (broad SMARTS) is 1. The van der Waals surface area contributed by atoms with Crippen LogP contribution in [0, 0.1) is 12.7 Å². The van der Waals surface area contributed by atoms with Gasteiger partial charge >= 0.3 is 5.97 Å². The molecule has 5 heteroatoms. The van der Waals surface area contributed by atoms with Crippen molar-refractivity contribution in [2.45, 2.75) is 19.4 Å². The van der Waals surface area contributed by atoms with Gasteiger partial charge in [0.05, 0.1) is 6.42 Å². The third-order valence-electron chi connectivity index (χ3n) is 2.07. The smallest absolute Gasteiger partial charge is 0.305 e. The Morgan fingerprint density at radius 2 is 2.27 bits per heavy atom. The Hall–Kier alpha value is -1.13. The van der Waals surface area contributed by atoms with Gasteiger partial charge in [0, 0.05) is 11.1 Å². The Kier molecular flexibility index (Phi) is 3.66. The molecule has 3 N–H and O–H groups in total. The van der Waals surface area contributed by atoms with E-state index in [-0.39, 0.29) is 6.42 Å². The third-order valence-corrected chi connectivity index (χ3v) is 2.40. The minimum Gasteiger partial charge on any atom is -0.481 e. The van der Waals surface area contributed by atoms with Crippen LogP contribution in [0.2, 0.25) is 5.02 Å². The molecule has 1 atom stereocenters. The third kappa shape index (κ3) is 2.91. The fourth-order valence-corrected chi connectivity index (χ4v) is 1.60. The van der Waals surface area contributed by atoms with E-state index >= 15 is 0 Å². The molecule has 3 nitrogen and oxygen atoms in total. The zero-order valence-electron chi connectivity index (χ0n) is 8.13. The lowest BCUT2D eigenvalue weighted by molar-refractivity contribution is -0.137. The van der Waals surface area contributed by atoms with E-state index in [4.69, 9.17) is 22.4 Å². The normalized spacial score (nSPS) is 12.5. The zero-order valence-corrected chi connectivity index (χ0v) is 8.88. The Labute approximate surface area is 91.7 Å². The highest BCUT2D eigenvalue weighted by atomic mass is 35.5. The number of carbonyl (C=O) groups is 1. The second-order valence-corrected chi connectivity index (χ2v) is 3.73. The Morgan fingerprint density at radius 3 is 2.80 bits per heavy atom. The lowest BCUT2D eigenvalue weighted by Crippen LogP contribution is -2.15. The summed E-state index contributed by atoms with van der Waals surface area (Å²) in [4.78, 5) is 10.4. The van der Waals surface area contributed by atoms with Gasteiger partial charge in [-0.15, -0.1) is 0 Å². The first-order valence-corrected chi connectivity index (χ1v) is 4.72. The van der Waals surface area contributed by atoms with Crippen molar-refractivity contribution in [3.05, 3.63) is 34.1 Å². The summed E-state index contributed by atoms with van der Waals surface area (Å²) in [7, 11) is 0. The van der Waals surface area contributed by atoms with Gasteiger partial charge in [0.2, 0.25) is 0 Å². The van der Waals surface area contributed by atoms with E-state index in [2.05, 4.69) is 0 Å². The van der Waals surface area contributed by atoms with E-state index in [1.165, 1.54) is 12.1 Å². The summed E-state index contributed by atoms with van der Waals surface area (Å²) >= 11 is 5.84. The fourth-order valence-electron chi connectivity index (χ4n) is 1.24. The van der Waals surface area contributed by atoms with Crippen LogP contribution in [0.1, 0.15) is 23.6 Å². The monoisotopic (exact) mass is 231 g/mol. The van der Waals surface area contributed by atoms with Gasteiger partial charge in [-0.25, -0.2) is 4.39 Å². The second kappa shape index (κ2) is 4.59. The largest absolute Gasteiger partial charge is 0.481 e. The molecular formula is C10H11ClFNO2. The maximum atomic E-state index is 13.2. The predicted octanol–water partition coefficient (Wildman–Crippen LogP) is 2.26. The van der Waals surface area contributed by atoms with Gasteiger partial charge in [-0.1, -0.05) is 11.6 Å². The summed E-state index contributed by atoms with van der Waals surface area (Å²) in [6, 6.07) is 1.84. The molecule has 0 radical (unpaired) electrons. The molecule has 0 heterocycles. The number of halogens is 2. The van der Waals surface area contributed by atoms with Crippen LogP contribution in [0.15, 0.2) is 12.1 Å². The summed E-state index contributed by atoms with van der Waals surface area (Å²) in [6.45, 7) is 1.58. The topological polar surface area (TPSA) is 63.3 Å². The van der Waals surface area contributed by atoms with Gasteiger partial charge in [-0.05, 0) is 30.2 Å². The molecule has 0 bridgehead atoms. The summed E-state index contributed by atoms with van der Waals surface area (Å²) in [6.07, 6.45) is -0.276. The molecule has 1 aromatic rings. The van der Waals surface area contributed by atoms with E-state index in [1.807, 2.05) is 0 Å². The lowest BCUT2D eigenvalue weighted by Gasteiger charge is -2.12. The summed E-state index contributed by atoms with van der Waals surface area (Å²) < 4.78 is 13.2. The molecule has 15 heavy (non-hydrogen) atoms. The van der Waals surface area contributed by atoms with Gasteiger partial charge in [-0.2, -0.15) is 0 Å². The van der Waals surface area contributed by atoms with Gasteiger partial charge in [0.1, 0.15) is 5.82 Å². The van der Waals surface area contributed by atoms with E-state index < -0.39 is 17.8 Å². The first-order chi connectivity index (χ1) is 6.91. The number of hydrogen-bond donors (Lipinski definition) is 2. The van der Waals surface area contributed by atoms with Crippen LogP contribution in [0.3, 0.4) is 0 Å². The maximum absolute atomic E-state index is 13.2. The van der Waals surface area contributed by atoms with Crippen LogP contribution < -0.4 is 5.73 Å². The molecular weight excluding hydrogens is 221 g/mol. The van der Waals surface area contributed by atoms with Crippen molar-refractivity contribution in [3.63, 3.8) is 0 Å². The van der Waals surface area contributed by atoms with Crippen molar-refractivity contribution in [3.8, 4) is 0 Å². The van der Waals surface area contributed by atoms with E-state index in [0.29, 0.717) is 16.1 Å². The number of rotatable bonds is 3. The van der Waals surface area contributed by atoms with Crippen LogP contribution in [-0.4, -0.2) is 11.1 Å².